The number of nitrogens with one attached hydrogen (secondary N) is 1. The van der Waals surface area contributed by atoms with E-state index in [1.807, 2.05) is 0 Å². The van der Waals surface area contributed by atoms with Gasteiger partial charge < -0.3 is 10.4 Å². The molecule has 2 aromatic rings. The van der Waals surface area contributed by atoms with Crippen molar-refractivity contribution in [2.45, 2.75) is 24.4 Å². The van der Waals surface area contributed by atoms with Crippen LogP contribution in [-0.4, -0.2) is 24.3 Å². The normalized spacial score (nSPS) is 30.0. The Balaban J connectivity index is 1.90. The lowest BCUT2D eigenvalue weighted by Gasteiger charge is -2.48. The van der Waals surface area contributed by atoms with Crippen molar-refractivity contribution < 1.29 is 5.11 Å². The van der Waals surface area contributed by atoms with Gasteiger partial charge in [-0.1, -0.05) is 60.7 Å². The number of aliphatic hydroxyl groups excluding tert-OH is 1. The molecular weight excluding hydrogens is 270 g/mol. The molecule has 0 aromatic heterocycles. The van der Waals surface area contributed by atoms with Crippen LogP contribution in [0.3, 0.4) is 0 Å². The Hall–Kier alpha value is -1.64. The lowest BCUT2D eigenvalue weighted by atomic mass is 9.56. The maximum Gasteiger partial charge on any atom is 0.0584 e. The fourth-order valence-electron chi connectivity index (χ4n) is 4.77. The standard InChI is InChI=1S/C20H23NO/c22-19-11-12-20(15-7-3-1-4-8-15,16-9-5-2-6-10-16)18-14-21-13-17(18)19/h1-10,17-19,21-22H,11-14H2. The Bertz CT molecular complexity index is 585. The average molecular weight is 293 g/mol. The third-order valence-corrected chi connectivity index (χ3v) is 5.80. The van der Waals surface area contributed by atoms with Crippen molar-refractivity contribution in [2.24, 2.45) is 11.8 Å². The van der Waals surface area contributed by atoms with Crippen molar-refractivity contribution in [3.63, 3.8) is 0 Å². The topological polar surface area (TPSA) is 32.3 Å². The van der Waals surface area contributed by atoms with Crippen molar-refractivity contribution in [1.29, 1.82) is 0 Å². The zero-order chi connectivity index (χ0) is 15.0. The van der Waals surface area contributed by atoms with Crippen LogP contribution >= 0.6 is 0 Å². The molecule has 0 bridgehead atoms. The maximum absolute atomic E-state index is 10.5. The number of fused-ring (bicyclic) bond motifs is 1. The van der Waals surface area contributed by atoms with Crippen LogP contribution in [0.1, 0.15) is 24.0 Å². The predicted octanol–water partition coefficient (Wildman–Crippen LogP) is 2.96. The van der Waals surface area contributed by atoms with E-state index in [0.29, 0.717) is 11.8 Å². The highest BCUT2D eigenvalue weighted by molar-refractivity contribution is 5.42. The summed E-state index contributed by atoms with van der Waals surface area (Å²) in [6, 6.07) is 21.8. The van der Waals surface area contributed by atoms with Gasteiger partial charge in [-0.15, -0.1) is 0 Å². The van der Waals surface area contributed by atoms with Crippen molar-refractivity contribution in [3.05, 3.63) is 71.8 Å². The van der Waals surface area contributed by atoms with Crippen LogP contribution in [0, 0.1) is 11.8 Å². The monoisotopic (exact) mass is 293 g/mol. The number of aliphatic hydroxyl groups is 1. The summed E-state index contributed by atoms with van der Waals surface area (Å²) in [4.78, 5) is 0. The summed E-state index contributed by atoms with van der Waals surface area (Å²) in [7, 11) is 0. The quantitative estimate of drug-likeness (QED) is 0.892. The molecule has 1 saturated heterocycles. The summed E-state index contributed by atoms with van der Waals surface area (Å²) in [5.74, 6) is 0.815. The van der Waals surface area contributed by atoms with Gasteiger partial charge in [-0.2, -0.15) is 0 Å². The highest BCUT2D eigenvalue weighted by Gasteiger charge is 2.52. The van der Waals surface area contributed by atoms with Crippen molar-refractivity contribution >= 4 is 0 Å². The summed E-state index contributed by atoms with van der Waals surface area (Å²) < 4.78 is 0. The minimum absolute atomic E-state index is 0.0237. The predicted molar refractivity (Wildman–Crippen MR) is 88.8 cm³/mol. The van der Waals surface area contributed by atoms with Crippen molar-refractivity contribution in [3.8, 4) is 0 Å². The highest BCUT2D eigenvalue weighted by atomic mass is 16.3. The molecule has 3 atom stereocenters. The molecule has 2 heteroatoms. The van der Waals surface area contributed by atoms with Crippen molar-refractivity contribution in [1.82, 2.24) is 5.32 Å². The molecule has 0 radical (unpaired) electrons. The number of hydrogen-bond acceptors (Lipinski definition) is 2. The van der Waals surface area contributed by atoms with Gasteiger partial charge in [-0.3, -0.25) is 0 Å². The molecular formula is C20H23NO. The van der Waals surface area contributed by atoms with E-state index in [9.17, 15) is 5.11 Å². The second-order valence-corrected chi connectivity index (χ2v) is 6.74. The second kappa shape index (κ2) is 5.53. The molecule has 1 aliphatic carbocycles. The Morgan fingerprint density at radius 2 is 1.45 bits per heavy atom. The zero-order valence-corrected chi connectivity index (χ0v) is 12.8. The molecule has 2 aliphatic rings. The van der Waals surface area contributed by atoms with Gasteiger partial charge in [0.05, 0.1) is 6.10 Å². The molecule has 0 spiro atoms. The van der Waals surface area contributed by atoms with Crippen LogP contribution in [0.5, 0.6) is 0 Å². The van der Waals surface area contributed by atoms with Crippen LogP contribution in [0.2, 0.25) is 0 Å². The Morgan fingerprint density at radius 3 is 2.05 bits per heavy atom. The van der Waals surface area contributed by atoms with Gasteiger partial charge in [0.1, 0.15) is 0 Å². The van der Waals surface area contributed by atoms with Crippen molar-refractivity contribution in [2.75, 3.05) is 13.1 Å². The largest absolute Gasteiger partial charge is 0.393 e. The molecule has 2 N–H and O–H groups in total. The van der Waals surface area contributed by atoms with E-state index in [2.05, 4.69) is 66.0 Å². The summed E-state index contributed by atoms with van der Waals surface area (Å²) in [5, 5.41) is 14.0. The van der Waals surface area contributed by atoms with Gasteiger partial charge in [-0.05, 0) is 36.4 Å². The Kier molecular flexibility index (Phi) is 3.51. The first-order valence-electron chi connectivity index (χ1n) is 8.32. The average Bonchev–Trinajstić information content (AvgIpc) is 3.08. The highest BCUT2D eigenvalue weighted by Crippen LogP contribution is 2.51. The first-order valence-corrected chi connectivity index (χ1v) is 8.32. The smallest absolute Gasteiger partial charge is 0.0584 e. The summed E-state index contributed by atoms with van der Waals surface area (Å²) in [6.45, 7) is 1.93. The molecule has 22 heavy (non-hydrogen) atoms. The molecule has 1 aliphatic heterocycles. The molecule has 2 nitrogen and oxygen atoms in total. The number of benzene rings is 2. The fourth-order valence-corrected chi connectivity index (χ4v) is 4.77. The lowest BCUT2D eigenvalue weighted by molar-refractivity contribution is 0.0238. The molecule has 3 unspecified atom stereocenters. The maximum atomic E-state index is 10.5. The van der Waals surface area contributed by atoms with E-state index in [1.54, 1.807) is 0 Å². The van der Waals surface area contributed by atoms with Gasteiger partial charge in [0.15, 0.2) is 0 Å². The third kappa shape index (κ3) is 2.02. The first kappa shape index (κ1) is 14.0. The van der Waals surface area contributed by atoms with E-state index >= 15 is 0 Å². The van der Waals surface area contributed by atoms with Gasteiger partial charge in [0.2, 0.25) is 0 Å². The SMILES string of the molecule is OC1CCC(c2ccccc2)(c2ccccc2)C2CNCC12. The van der Waals surface area contributed by atoms with Crippen LogP contribution in [0.25, 0.3) is 0 Å². The van der Waals surface area contributed by atoms with E-state index in [1.165, 1.54) is 11.1 Å². The van der Waals surface area contributed by atoms with Gasteiger partial charge >= 0.3 is 0 Å². The molecule has 114 valence electrons. The van der Waals surface area contributed by atoms with Gasteiger partial charge in [0, 0.05) is 17.9 Å². The summed E-state index contributed by atoms with van der Waals surface area (Å²) >= 11 is 0. The van der Waals surface area contributed by atoms with E-state index in [4.69, 9.17) is 0 Å². The molecule has 4 rings (SSSR count). The van der Waals surface area contributed by atoms with Gasteiger partial charge in [0.25, 0.3) is 0 Å². The third-order valence-electron chi connectivity index (χ3n) is 5.80. The number of rotatable bonds is 2. The molecule has 1 heterocycles. The van der Waals surface area contributed by atoms with E-state index in [0.717, 1.165) is 25.9 Å². The second-order valence-electron chi connectivity index (χ2n) is 6.74. The van der Waals surface area contributed by atoms with E-state index < -0.39 is 0 Å². The van der Waals surface area contributed by atoms with Crippen LogP contribution in [0.15, 0.2) is 60.7 Å². The molecule has 1 saturated carbocycles. The minimum Gasteiger partial charge on any atom is -0.393 e. The first-order chi connectivity index (χ1) is 10.8. The number of hydrogen-bond donors (Lipinski definition) is 2. The Labute approximate surface area is 132 Å². The zero-order valence-electron chi connectivity index (χ0n) is 12.8. The lowest BCUT2D eigenvalue weighted by Crippen LogP contribution is -2.48. The molecule has 0 amide bonds. The molecule has 2 fully saturated rings. The van der Waals surface area contributed by atoms with E-state index in [-0.39, 0.29) is 11.5 Å². The van der Waals surface area contributed by atoms with Crippen LogP contribution in [-0.2, 0) is 5.41 Å². The van der Waals surface area contributed by atoms with Crippen LogP contribution in [0.4, 0.5) is 0 Å². The minimum atomic E-state index is -0.166. The summed E-state index contributed by atoms with van der Waals surface area (Å²) in [5.41, 5.74) is 2.81. The van der Waals surface area contributed by atoms with Crippen LogP contribution < -0.4 is 5.32 Å². The Morgan fingerprint density at radius 1 is 0.864 bits per heavy atom. The summed E-state index contributed by atoms with van der Waals surface area (Å²) in [6.07, 6.45) is 1.73. The molecule has 2 aromatic carbocycles. The van der Waals surface area contributed by atoms with Gasteiger partial charge in [-0.25, -0.2) is 0 Å². The fraction of sp³-hybridized carbons (Fsp3) is 0.400.